The fourth-order valence-corrected chi connectivity index (χ4v) is 4.07. The van der Waals surface area contributed by atoms with Crippen LogP contribution in [0.4, 0.5) is 4.39 Å². The molecule has 0 fully saturated rings. The third-order valence-corrected chi connectivity index (χ3v) is 5.29. The van der Waals surface area contributed by atoms with Crippen molar-refractivity contribution in [1.82, 2.24) is 4.31 Å². The molecule has 0 spiro atoms. The van der Waals surface area contributed by atoms with Crippen molar-refractivity contribution in [2.75, 3.05) is 13.1 Å². The fourth-order valence-electron chi connectivity index (χ4n) is 1.52. The molecule has 17 heavy (non-hydrogen) atoms. The third kappa shape index (κ3) is 3.26. The lowest BCUT2D eigenvalue weighted by Gasteiger charge is -2.20. The Morgan fingerprint density at radius 2 is 2.00 bits per heavy atom. The predicted molar refractivity (Wildman–Crippen MR) is 68.8 cm³/mol. The van der Waals surface area contributed by atoms with Crippen LogP contribution in [0.5, 0.6) is 0 Å². The van der Waals surface area contributed by atoms with Gasteiger partial charge in [0, 0.05) is 17.6 Å². The van der Waals surface area contributed by atoms with Crippen molar-refractivity contribution in [3.63, 3.8) is 0 Å². The van der Waals surface area contributed by atoms with Gasteiger partial charge >= 0.3 is 0 Å². The molecule has 0 radical (unpaired) electrons. The van der Waals surface area contributed by atoms with Gasteiger partial charge in [-0.3, -0.25) is 0 Å². The van der Waals surface area contributed by atoms with Crippen LogP contribution >= 0.6 is 15.9 Å². The first-order valence-electron chi connectivity index (χ1n) is 5.38. The molecule has 1 aromatic rings. The van der Waals surface area contributed by atoms with E-state index >= 15 is 0 Å². The summed E-state index contributed by atoms with van der Waals surface area (Å²) in [6.45, 7) is 4.56. The summed E-state index contributed by atoms with van der Waals surface area (Å²) in [4.78, 5) is 0.106. The van der Waals surface area contributed by atoms with Crippen molar-refractivity contribution < 1.29 is 12.8 Å². The predicted octanol–water partition coefficient (Wildman–Crippen LogP) is 3.01. The van der Waals surface area contributed by atoms with Gasteiger partial charge in [-0.1, -0.05) is 13.8 Å². The molecule has 3 nitrogen and oxygen atoms in total. The Kier molecular flexibility index (Phi) is 5.09. The number of sulfonamides is 1. The molecule has 0 aliphatic rings. The van der Waals surface area contributed by atoms with Crippen LogP contribution in [0.25, 0.3) is 0 Å². The van der Waals surface area contributed by atoms with E-state index < -0.39 is 15.8 Å². The van der Waals surface area contributed by atoms with Crippen molar-refractivity contribution in [2.45, 2.75) is 25.2 Å². The van der Waals surface area contributed by atoms with Crippen molar-refractivity contribution in [2.24, 2.45) is 0 Å². The summed E-state index contributed by atoms with van der Waals surface area (Å²) in [5.41, 5.74) is 0. The fraction of sp³-hybridized carbons (Fsp3) is 0.455. The number of halogens is 2. The SMILES string of the molecule is CCCN(CC)S(=O)(=O)c1ccc(F)cc1Br. The highest BCUT2D eigenvalue weighted by Crippen LogP contribution is 2.25. The molecule has 1 rings (SSSR count). The summed E-state index contributed by atoms with van der Waals surface area (Å²) in [5.74, 6) is -0.464. The first-order chi connectivity index (χ1) is 7.93. The highest BCUT2D eigenvalue weighted by atomic mass is 79.9. The minimum absolute atomic E-state index is 0.106. The maximum absolute atomic E-state index is 12.9. The Hall–Kier alpha value is -0.460. The van der Waals surface area contributed by atoms with Gasteiger partial charge in [0.25, 0.3) is 0 Å². The van der Waals surface area contributed by atoms with Crippen LogP contribution in [0, 0.1) is 5.82 Å². The molecule has 0 heterocycles. The van der Waals surface area contributed by atoms with Crippen LogP contribution in [0.3, 0.4) is 0 Å². The monoisotopic (exact) mass is 323 g/mol. The van der Waals surface area contributed by atoms with Gasteiger partial charge in [0.15, 0.2) is 0 Å². The van der Waals surface area contributed by atoms with E-state index in [1.807, 2.05) is 6.92 Å². The van der Waals surface area contributed by atoms with Crippen LogP contribution in [0.2, 0.25) is 0 Å². The Morgan fingerprint density at radius 1 is 1.35 bits per heavy atom. The normalized spacial score (nSPS) is 12.1. The molecule has 0 atom stereocenters. The highest BCUT2D eigenvalue weighted by Gasteiger charge is 2.24. The average Bonchev–Trinajstić information content (AvgIpc) is 2.24. The molecule has 0 saturated heterocycles. The van der Waals surface area contributed by atoms with E-state index in [0.717, 1.165) is 18.6 Å². The summed E-state index contributed by atoms with van der Waals surface area (Å²) >= 11 is 3.09. The van der Waals surface area contributed by atoms with E-state index in [9.17, 15) is 12.8 Å². The number of hydrogen-bond acceptors (Lipinski definition) is 2. The van der Waals surface area contributed by atoms with Gasteiger partial charge < -0.3 is 0 Å². The van der Waals surface area contributed by atoms with E-state index in [1.54, 1.807) is 6.92 Å². The van der Waals surface area contributed by atoms with E-state index in [1.165, 1.54) is 10.4 Å². The first kappa shape index (κ1) is 14.6. The molecule has 96 valence electrons. The van der Waals surface area contributed by atoms with Gasteiger partial charge in [0.1, 0.15) is 5.82 Å². The van der Waals surface area contributed by atoms with Gasteiger partial charge in [-0.2, -0.15) is 4.31 Å². The quantitative estimate of drug-likeness (QED) is 0.835. The van der Waals surface area contributed by atoms with E-state index in [2.05, 4.69) is 15.9 Å². The van der Waals surface area contributed by atoms with E-state index in [-0.39, 0.29) is 9.37 Å². The lowest BCUT2D eigenvalue weighted by molar-refractivity contribution is 0.426. The third-order valence-electron chi connectivity index (χ3n) is 2.34. The molecule has 0 bridgehead atoms. The summed E-state index contributed by atoms with van der Waals surface area (Å²) in [6.07, 6.45) is 0.742. The van der Waals surface area contributed by atoms with Gasteiger partial charge in [-0.05, 0) is 40.5 Å². The molecule has 0 N–H and O–H groups in total. The molecular formula is C11H15BrFNO2S. The van der Waals surface area contributed by atoms with Gasteiger partial charge in [-0.15, -0.1) is 0 Å². The zero-order chi connectivity index (χ0) is 13.1. The van der Waals surface area contributed by atoms with Crippen LogP contribution in [-0.2, 0) is 10.0 Å². The van der Waals surface area contributed by atoms with Crippen LogP contribution in [0.1, 0.15) is 20.3 Å². The maximum Gasteiger partial charge on any atom is 0.244 e. The van der Waals surface area contributed by atoms with Gasteiger partial charge in [0.05, 0.1) is 4.90 Å². The average molecular weight is 324 g/mol. The molecule has 0 unspecified atom stereocenters. The van der Waals surface area contributed by atoms with Crippen molar-refractivity contribution in [3.8, 4) is 0 Å². The van der Waals surface area contributed by atoms with Crippen molar-refractivity contribution in [1.29, 1.82) is 0 Å². The standard InChI is InChI=1S/C11H15BrFNO2S/c1-3-7-14(4-2)17(15,16)11-6-5-9(13)8-10(11)12/h5-6,8H,3-4,7H2,1-2H3. The second-order valence-corrected chi connectivity index (χ2v) is 6.33. The molecular weight excluding hydrogens is 309 g/mol. The minimum atomic E-state index is -3.54. The number of hydrogen-bond donors (Lipinski definition) is 0. The van der Waals surface area contributed by atoms with E-state index in [4.69, 9.17) is 0 Å². The molecule has 0 amide bonds. The Bertz CT molecular complexity index is 490. The molecule has 0 aromatic heterocycles. The molecule has 1 aromatic carbocycles. The smallest absolute Gasteiger partial charge is 0.207 e. The first-order valence-corrected chi connectivity index (χ1v) is 7.62. The second-order valence-electron chi connectivity index (χ2n) is 3.57. The zero-order valence-corrected chi connectivity index (χ0v) is 12.2. The molecule has 6 heteroatoms. The minimum Gasteiger partial charge on any atom is -0.207 e. The number of nitrogens with zero attached hydrogens (tertiary/aromatic N) is 1. The lowest BCUT2D eigenvalue weighted by atomic mass is 10.3. The van der Waals surface area contributed by atoms with Crippen LogP contribution < -0.4 is 0 Å². The van der Waals surface area contributed by atoms with Gasteiger partial charge in [-0.25, -0.2) is 12.8 Å². The summed E-state index contributed by atoms with van der Waals surface area (Å²) < 4.78 is 39.1. The summed E-state index contributed by atoms with van der Waals surface area (Å²) in [5, 5.41) is 0. The Labute approximate surface area is 110 Å². The maximum atomic E-state index is 12.9. The highest BCUT2D eigenvalue weighted by molar-refractivity contribution is 9.10. The molecule has 0 aliphatic heterocycles. The van der Waals surface area contributed by atoms with Crippen molar-refractivity contribution >= 4 is 26.0 Å². The van der Waals surface area contributed by atoms with Crippen LogP contribution in [0.15, 0.2) is 27.6 Å². The van der Waals surface area contributed by atoms with Crippen molar-refractivity contribution in [3.05, 3.63) is 28.5 Å². The van der Waals surface area contributed by atoms with Crippen LogP contribution in [-0.4, -0.2) is 25.8 Å². The molecule has 0 saturated carbocycles. The Balaban J connectivity index is 3.20. The topological polar surface area (TPSA) is 37.4 Å². The Morgan fingerprint density at radius 3 is 2.47 bits per heavy atom. The number of rotatable bonds is 5. The largest absolute Gasteiger partial charge is 0.244 e. The summed E-state index contributed by atoms with van der Waals surface area (Å²) in [6, 6.07) is 3.59. The van der Waals surface area contributed by atoms with Gasteiger partial charge in [0.2, 0.25) is 10.0 Å². The molecule has 0 aliphatic carbocycles. The van der Waals surface area contributed by atoms with E-state index in [0.29, 0.717) is 13.1 Å². The zero-order valence-electron chi connectivity index (χ0n) is 9.78. The lowest BCUT2D eigenvalue weighted by Crippen LogP contribution is -2.31. The number of benzene rings is 1. The second kappa shape index (κ2) is 5.93. The summed E-state index contributed by atoms with van der Waals surface area (Å²) in [7, 11) is -3.54.